The van der Waals surface area contributed by atoms with Gasteiger partial charge >= 0.3 is 5.97 Å². The van der Waals surface area contributed by atoms with E-state index in [1.165, 1.54) is 0 Å². The molecule has 0 unspecified atom stereocenters. The molecule has 1 aliphatic carbocycles. The normalized spacial score (nSPS) is 15.4. The van der Waals surface area contributed by atoms with E-state index in [0.29, 0.717) is 0 Å². The van der Waals surface area contributed by atoms with Gasteiger partial charge in [-0.3, -0.25) is 4.72 Å². The van der Waals surface area contributed by atoms with Crippen molar-refractivity contribution in [3.05, 3.63) is 29.6 Å². The second-order valence-corrected chi connectivity index (χ2v) is 5.44. The van der Waals surface area contributed by atoms with E-state index < -0.39 is 22.0 Å². The summed E-state index contributed by atoms with van der Waals surface area (Å²) in [6.45, 7) is 0. The summed E-state index contributed by atoms with van der Waals surface area (Å²) in [5.41, 5.74) is -0.529. The highest BCUT2D eigenvalue weighted by Gasteiger charge is 2.27. The van der Waals surface area contributed by atoms with Crippen molar-refractivity contribution in [2.75, 3.05) is 4.72 Å². The van der Waals surface area contributed by atoms with Crippen LogP contribution in [-0.4, -0.2) is 25.5 Å². The smallest absolute Gasteiger partial charge is 0.335 e. The van der Waals surface area contributed by atoms with Gasteiger partial charge in [0.15, 0.2) is 0 Å². The lowest BCUT2D eigenvalue weighted by Gasteiger charge is -2.09. The van der Waals surface area contributed by atoms with Gasteiger partial charge in [0.25, 0.3) is 10.2 Å². The highest BCUT2D eigenvalue weighted by atomic mass is 32.2. The molecule has 0 saturated heterocycles. The zero-order valence-corrected chi connectivity index (χ0v) is 10.00. The molecule has 0 aliphatic heterocycles. The van der Waals surface area contributed by atoms with Gasteiger partial charge in [0, 0.05) is 6.04 Å². The average Bonchev–Trinajstić information content (AvgIpc) is 3.03. The maximum Gasteiger partial charge on any atom is 0.335 e. The van der Waals surface area contributed by atoms with E-state index in [9.17, 15) is 17.6 Å². The Labute approximate surface area is 103 Å². The molecular weight excluding hydrogens is 263 g/mol. The third-order valence-electron chi connectivity index (χ3n) is 2.36. The molecule has 0 atom stereocenters. The number of anilines is 1. The lowest BCUT2D eigenvalue weighted by atomic mass is 10.2. The number of carboxylic acid groups (broad SMARTS) is 1. The van der Waals surface area contributed by atoms with Crippen LogP contribution in [0.1, 0.15) is 23.2 Å². The van der Waals surface area contributed by atoms with Crippen molar-refractivity contribution in [1.82, 2.24) is 4.72 Å². The first kappa shape index (κ1) is 12.8. The first-order valence-electron chi connectivity index (χ1n) is 5.20. The van der Waals surface area contributed by atoms with Gasteiger partial charge in [-0.05, 0) is 31.0 Å². The second kappa shape index (κ2) is 4.54. The summed E-state index contributed by atoms with van der Waals surface area (Å²) in [7, 11) is -3.81. The highest BCUT2D eigenvalue weighted by Crippen LogP contribution is 2.21. The van der Waals surface area contributed by atoms with E-state index in [1.54, 1.807) is 0 Å². The molecule has 1 saturated carbocycles. The van der Waals surface area contributed by atoms with Crippen LogP contribution in [0.3, 0.4) is 0 Å². The third-order valence-corrected chi connectivity index (χ3v) is 3.49. The minimum Gasteiger partial charge on any atom is -0.478 e. The minimum atomic E-state index is -3.81. The quantitative estimate of drug-likeness (QED) is 0.744. The lowest BCUT2D eigenvalue weighted by Crippen LogP contribution is -2.32. The van der Waals surface area contributed by atoms with Crippen LogP contribution in [0.2, 0.25) is 0 Å². The van der Waals surface area contributed by atoms with Crippen LogP contribution in [0.25, 0.3) is 0 Å². The van der Waals surface area contributed by atoms with E-state index in [-0.39, 0.29) is 17.3 Å². The first-order valence-corrected chi connectivity index (χ1v) is 6.68. The van der Waals surface area contributed by atoms with Crippen LogP contribution in [0.5, 0.6) is 0 Å². The van der Waals surface area contributed by atoms with Crippen molar-refractivity contribution < 1.29 is 22.7 Å². The van der Waals surface area contributed by atoms with Gasteiger partial charge in [-0.15, -0.1) is 0 Å². The number of carbonyl (C=O) groups is 1. The van der Waals surface area contributed by atoms with Gasteiger partial charge < -0.3 is 5.11 Å². The Hall–Kier alpha value is -1.67. The summed E-state index contributed by atoms with van der Waals surface area (Å²) in [4.78, 5) is 10.6. The highest BCUT2D eigenvalue weighted by molar-refractivity contribution is 7.90. The van der Waals surface area contributed by atoms with E-state index in [0.717, 1.165) is 31.0 Å². The van der Waals surface area contributed by atoms with E-state index in [2.05, 4.69) is 4.72 Å². The molecule has 1 aliphatic rings. The van der Waals surface area contributed by atoms with Crippen LogP contribution in [0, 0.1) is 5.82 Å². The molecule has 2 rings (SSSR count). The summed E-state index contributed by atoms with van der Waals surface area (Å²) < 4.78 is 40.8. The van der Waals surface area contributed by atoms with Crippen LogP contribution in [0.15, 0.2) is 18.2 Å². The van der Waals surface area contributed by atoms with Crippen molar-refractivity contribution in [3.63, 3.8) is 0 Å². The number of rotatable bonds is 5. The van der Waals surface area contributed by atoms with Crippen molar-refractivity contribution in [3.8, 4) is 0 Å². The molecule has 1 fully saturated rings. The zero-order chi connectivity index (χ0) is 13.3. The van der Waals surface area contributed by atoms with Gasteiger partial charge in [0.05, 0.1) is 11.3 Å². The zero-order valence-electron chi connectivity index (χ0n) is 9.18. The predicted molar refractivity (Wildman–Crippen MR) is 62.1 cm³/mol. The van der Waals surface area contributed by atoms with Crippen molar-refractivity contribution in [2.45, 2.75) is 18.9 Å². The van der Waals surface area contributed by atoms with Crippen LogP contribution >= 0.6 is 0 Å². The summed E-state index contributed by atoms with van der Waals surface area (Å²) >= 11 is 0. The lowest BCUT2D eigenvalue weighted by molar-refractivity contribution is 0.0696. The average molecular weight is 274 g/mol. The fourth-order valence-corrected chi connectivity index (χ4v) is 2.51. The number of nitrogens with one attached hydrogen (secondary N) is 2. The largest absolute Gasteiger partial charge is 0.478 e. The fraction of sp³-hybridized carbons (Fsp3) is 0.300. The summed E-state index contributed by atoms with van der Waals surface area (Å²) in [6, 6.07) is 2.87. The Kier molecular flexibility index (Phi) is 3.22. The number of hydrogen-bond donors (Lipinski definition) is 3. The molecule has 0 bridgehead atoms. The van der Waals surface area contributed by atoms with Crippen LogP contribution in [-0.2, 0) is 10.2 Å². The number of halogens is 1. The molecule has 18 heavy (non-hydrogen) atoms. The number of benzene rings is 1. The molecular formula is C10H11FN2O4S. The Morgan fingerprint density at radius 1 is 1.39 bits per heavy atom. The van der Waals surface area contributed by atoms with Crippen LogP contribution < -0.4 is 9.44 Å². The summed E-state index contributed by atoms with van der Waals surface area (Å²) in [5.74, 6) is -2.21. The van der Waals surface area contributed by atoms with E-state index in [4.69, 9.17) is 5.11 Å². The second-order valence-electron chi connectivity index (χ2n) is 4.00. The molecule has 3 N–H and O–H groups in total. The molecule has 1 aromatic rings. The van der Waals surface area contributed by atoms with E-state index in [1.807, 2.05) is 4.72 Å². The van der Waals surface area contributed by atoms with Crippen molar-refractivity contribution >= 4 is 21.9 Å². The summed E-state index contributed by atoms with van der Waals surface area (Å²) in [6.07, 6.45) is 1.53. The first-order chi connectivity index (χ1) is 8.37. The third kappa shape index (κ3) is 3.17. The van der Waals surface area contributed by atoms with E-state index >= 15 is 0 Å². The van der Waals surface area contributed by atoms with Crippen molar-refractivity contribution in [1.29, 1.82) is 0 Å². The number of carboxylic acids is 1. The van der Waals surface area contributed by atoms with Gasteiger partial charge in [0.2, 0.25) is 0 Å². The Bertz CT molecular complexity index is 584. The molecule has 6 nitrogen and oxygen atoms in total. The Morgan fingerprint density at radius 3 is 2.56 bits per heavy atom. The summed E-state index contributed by atoms with van der Waals surface area (Å²) in [5, 5.41) is 8.64. The molecule has 0 amide bonds. The van der Waals surface area contributed by atoms with Gasteiger partial charge in [-0.2, -0.15) is 13.1 Å². The predicted octanol–water partition coefficient (Wildman–Crippen LogP) is 0.933. The van der Waals surface area contributed by atoms with Gasteiger partial charge in [-0.1, -0.05) is 0 Å². The van der Waals surface area contributed by atoms with Crippen molar-refractivity contribution in [2.24, 2.45) is 0 Å². The molecule has 98 valence electrons. The topological polar surface area (TPSA) is 95.5 Å². The SMILES string of the molecule is O=C(O)c1ccc(NS(=O)(=O)NC2CC2)c(F)c1. The molecule has 8 heteroatoms. The Morgan fingerprint density at radius 2 is 2.06 bits per heavy atom. The maximum atomic E-state index is 13.5. The molecule has 0 heterocycles. The monoisotopic (exact) mass is 274 g/mol. The number of aromatic carboxylic acids is 1. The van der Waals surface area contributed by atoms with Crippen LogP contribution in [0.4, 0.5) is 10.1 Å². The van der Waals surface area contributed by atoms with Gasteiger partial charge in [0.1, 0.15) is 5.82 Å². The molecule has 0 spiro atoms. The minimum absolute atomic E-state index is 0.0937. The fourth-order valence-electron chi connectivity index (χ4n) is 1.33. The molecule has 0 aromatic heterocycles. The Balaban J connectivity index is 2.16. The standard InChI is InChI=1S/C10H11FN2O4S/c11-8-5-6(10(14)15)1-4-9(8)13-18(16,17)12-7-2-3-7/h1,4-5,7,12-13H,2-3H2,(H,14,15). The molecule has 0 radical (unpaired) electrons. The van der Waals surface area contributed by atoms with Gasteiger partial charge in [-0.25, -0.2) is 9.18 Å². The maximum absolute atomic E-state index is 13.5. The number of hydrogen-bond acceptors (Lipinski definition) is 3. The molecule has 1 aromatic carbocycles.